The van der Waals surface area contributed by atoms with Crippen molar-refractivity contribution in [3.63, 3.8) is 0 Å². The first-order valence-electron chi connectivity index (χ1n) is 5.78. The molecule has 0 bridgehead atoms. The van der Waals surface area contributed by atoms with Crippen molar-refractivity contribution in [3.8, 4) is 5.75 Å². The molecular weight excluding hydrogens is 218 g/mol. The van der Waals surface area contributed by atoms with E-state index < -0.39 is 6.10 Å². The molecule has 0 saturated carbocycles. The van der Waals surface area contributed by atoms with Crippen molar-refractivity contribution in [2.45, 2.75) is 25.4 Å². The molecule has 2 aliphatic rings. The number of hydrogen-bond acceptors (Lipinski definition) is 3. The highest BCUT2D eigenvalue weighted by Crippen LogP contribution is 2.37. The molecule has 17 heavy (non-hydrogen) atoms. The second kappa shape index (κ2) is 3.47. The molecule has 1 saturated heterocycles. The van der Waals surface area contributed by atoms with Gasteiger partial charge in [0.1, 0.15) is 5.75 Å². The number of carbonyl (C=O) groups is 1. The highest BCUT2D eigenvalue weighted by atomic mass is 16.5. The summed E-state index contributed by atoms with van der Waals surface area (Å²) in [5, 5.41) is 2.87. The lowest BCUT2D eigenvalue weighted by molar-refractivity contribution is -0.122. The Morgan fingerprint density at radius 2 is 2.18 bits per heavy atom. The lowest BCUT2D eigenvalue weighted by Gasteiger charge is -2.39. The number of nitrogens with one attached hydrogen (secondary N) is 1. The Morgan fingerprint density at radius 1 is 1.41 bits per heavy atom. The minimum Gasteiger partial charge on any atom is -0.479 e. The van der Waals surface area contributed by atoms with Gasteiger partial charge in [0.2, 0.25) is 0 Å². The number of rotatable bonds is 1. The van der Waals surface area contributed by atoms with Crippen molar-refractivity contribution >= 4 is 11.6 Å². The summed E-state index contributed by atoms with van der Waals surface area (Å²) < 4.78 is 10.8. The van der Waals surface area contributed by atoms with Crippen molar-refractivity contribution < 1.29 is 14.3 Å². The Bertz CT molecular complexity index is 480. The number of ether oxygens (including phenoxy) is 2. The topological polar surface area (TPSA) is 47.6 Å². The van der Waals surface area contributed by atoms with E-state index in [2.05, 4.69) is 12.2 Å². The number of benzene rings is 1. The van der Waals surface area contributed by atoms with Crippen molar-refractivity contribution in [2.75, 3.05) is 18.5 Å². The van der Waals surface area contributed by atoms with Gasteiger partial charge in [-0.3, -0.25) is 4.79 Å². The molecule has 1 unspecified atom stereocenters. The molecule has 0 aliphatic carbocycles. The van der Waals surface area contributed by atoms with Crippen LogP contribution in [0.4, 0.5) is 5.69 Å². The van der Waals surface area contributed by atoms with Crippen LogP contribution < -0.4 is 10.1 Å². The predicted octanol–water partition coefficient (Wildman–Crippen LogP) is 1.69. The maximum Gasteiger partial charge on any atom is 0.265 e. The van der Waals surface area contributed by atoms with E-state index in [4.69, 9.17) is 9.47 Å². The van der Waals surface area contributed by atoms with E-state index in [0.717, 1.165) is 24.7 Å². The quantitative estimate of drug-likeness (QED) is 0.803. The van der Waals surface area contributed by atoms with E-state index >= 15 is 0 Å². The molecule has 0 aromatic heterocycles. The van der Waals surface area contributed by atoms with Gasteiger partial charge in [0, 0.05) is 5.41 Å². The van der Waals surface area contributed by atoms with Crippen LogP contribution in [0.25, 0.3) is 0 Å². The van der Waals surface area contributed by atoms with E-state index in [-0.39, 0.29) is 11.3 Å². The van der Waals surface area contributed by atoms with Crippen molar-refractivity contribution in [1.82, 2.24) is 0 Å². The number of carbonyl (C=O) groups excluding carboxylic acids is 1. The largest absolute Gasteiger partial charge is 0.479 e. The smallest absolute Gasteiger partial charge is 0.265 e. The zero-order chi connectivity index (χ0) is 12.0. The third kappa shape index (κ3) is 1.60. The maximum atomic E-state index is 11.5. The summed E-state index contributed by atoms with van der Waals surface area (Å²) in [6, 6.07) is 5.96. The second-order valence-corrected chi connectivity index (χ2v) is 5.01. The van der Waals surface area contributed by atoms with Crippen molar-refractivity contribution in [1.29, 1.82) is 0 Å². The second-order valence-electron chi connectivity index (χ2n) is 5.01. The van der Waals surface area contributed by atoms with Gasteiger partial charge in [-0.15, -0.1) is 0 Å². The third-order valence-corrected chi connectivity index (χ3v) is 3.45. The summed E-state index contributed by atoms with van der Waals surface area (Å²) >= 11 is 0. The van der Waals surface area contributed by atoms with Crippen LogP contribution in [0.1, 0.15) is 19.4 Å². The molecule has 1 N–H and O–H groups in total. The van der Waals surface area contributed by atoms with Gasteiger partial charge < -0.3 is 14.8 Å². The lowest BCUT2D eigenvalue weighted by atomic mass is 9.80. The van der Waals surface area contributed by atoms with Gasteiger partial charge in [0.05, 0.1) is 18.9 Å². The van der Waals surface area contributed by atoms with Gasteiger partial charge in [-0.05, 0) is 24.6 Å². The maximum absolute atomic E-state index is 11.5. The first-order chi connectivity index (χ1) is 8.08. The van der Waals surface area contributed by atoms with Gasteiger partial charge >= 0.3 is 0 Å². The molecule has 1 amide bonds. The predicted molar refractivity (Wildman–Crippen MR) is 63.3 cm³/mol. The standard InChI is InChI=1S/C13H15NO3/c1-8-12(15)14-10-5-9(3-4-11(10)17-8)13(2)6-16-7-13/h3-5,8H,6-7H2,1-2H3,(H,14,15). The zero-order valence-electron chi connectivity index (χ0n) is 9.95. The van der Waals surface area contributed by atoms with Crippen LogP contribution in [0.3, 0.4) is 0 Å². The van der Waals surface area contributed by atoms with Crippen LogP contribution in [-0.4, -0.2) is 25.2 Å². The fraction of sp³-hybridized carbons (Fsp3) is 0.462. The van der Waals surface area contributed by atoms with Crippen molar-refractivity contribution in [3.05, 3.63) is 23.8 Å². The molecule has 2 heterocycles. The first kappa shape index (κ1) is 10.6. The molecule has 1 aromatic rings. The number of anilines is 1. The zero-order valence-corrected chi connectivity index (χ0v) is 9.95. The molecule has 1 aromatic carbocycles. The van der Waals surface area contributed by atoms with Gasteiger partial charge in [-0.25, -0.2) is 0 Å². The number of fused-ring (bicyclic) bond motifs is 1. The minimum absolute atomic E-state index is 0.0722. The van der Waals surface area contributed by atoms with E-state index in [1.54, 1.807) is 6.92 Å². The fourth-order valence-corrected chi connectivity index (χ4v) is 2.16. The summed E-state index contributed by atoms with van der Waals surface area (Å²) in [6.45, 7) is 5.37. The van der Waals surface area contributed by atoms with Crippen LogP contribution in [0.2, 0.25) is 0 Å². The van der Waals surface area contributed by atoms with Gasteiger partial charge in [-0.1, -0.05) is 13.0 Å². The van der Waals surface area contributed by atoms with Crippen LogP contribution in [0.5, 0.6) is 5.75 Å². The Morgan fingerprint density at radius 3 is 2.82 bits per heavy atom. The SMILES string of the molecule is CC1Oc2ccc(C3(C)COC3)cc2NC1=O. The third-order valence-electron chi connectivity index (χ3n) is 3.45. The van der Waals surface area contributed by atoms with Gasteiger partial charge in [0.15, 0.2) is 6.10 Å². The summed E-state index contributed by atoms with van der Waals surface area (Å²) in [5.41, 5.74) is 2.02. The van der Waals surface area contributed by atoms with Crippen LogP contribution >= 0.6 is 0 Å². The Hall–Kier alpha value is -1.55. The summed E-state index contributed by atoms with van der Waals surface area (Å²) in [4.78, 5) is 11.5. The average Bonchev–Trinajstić information content (AvgIpc) is 2.27. The first-order valence-corrected chi connectivity index (χ1v) is 5.78. The minimum atomic E-state index is -0.420. The normalized spacial score (nSPS) is 25.3. The molecular formula is C13H15NO3. The van der Waals surface area contributed by atoms with E-state index in [0.29, 0.717) is 0 Å². The Kier molecular flexibility index (Phi) is 2.16. The number of amides is 1. The van der Waals surface area contributed by atoms with E-state index in [9.17, 15) is 4.79 Å². The summed E-state index contributed by atoms with van der Waals surface area (Å²) in [5.74, 6) is 0.648. The molecule has 0 spiro atoms. The molecule has 4 nitrogen and oxygen atoms in total. The Balaban J connectivity index is 1.96. The molecule has 1 fully saturated rings. The highest BCUT2D eigenvalue weighted by Gasteiger charge is 2.36. The van der Waals surface area contributed by atoms with Crippen LogP contribution in [0.15, 0.2) is 18.2 Å². The summed E-state index contributed by atoms with van der Waals surface area (Å²) in [7, 11) is 0. The molecule has 0 radical (unpaired) electrons. The molecule has 90 valence electrons. The van der Waals surface area contributed by atoms with E-state index in [1.165, 1.54) is 5.56 Å². The molecule has 3 rings (SSSR count). The van der Waals surface area contributed by atoms with Crippen LogP contribution in [0, 0.1) is 0 Å². The fourth-order valence-electron chi connectivity index (χ4n) is 2.16. The average molecular weight is 233 g/mol. The molecule has 2 aliphatic heterocycles. The highest BCUT2D eigenvalue weighted by molar-refractivity contribution is 5.97. The summed E-state index contributed by atoms with van der Waals surface area (Å²) in [6.07, 6.45) is -0.420. The van der Waals surface area contributed by atoms with E-state index in [1.807, 2.05) is 18.2 Å². The molecule has 1 atom stereocenters. The number of hydrogen-bond donors (Lipinski definition) is 1. The van der Waals surface area contributed by atoms with Gasteiger partial charge in [-0.2, -0.15) is 0 Å². The van der Waals surface area contributed by atoms with Crippen LogP contribution in [-0.2, 0) is 14.9 Å². The van der Waals surface area contributed by atoms with Crippen molar-refractivity contribution in [2.24, 2.45) is 0 Å². The Labute approximate surface area is 99.9 Å². The van der Waals surface area contributed by atoms with Gasteiger partial charge in [0.25, 0.3) is 5.91 Å². The molecule has 4 heteroatoms. The lowest BCUT2D eigenvalue weighted by Crippen LogP contribution is -2.44. The monoisotopic (exact) mass is 233 g/mol.